The molecule has 18 heavy (non-hydrogen) atoms. The van der Waals surface area contributed by atoms with Gasteiger partial charge in [0.15, 0.2) is 0 Å². The van der Waals surface area contributed by atoms with Crippen LogP contribution in [0.15, 0.2) is 0 Å². The second kappa shape index (κ2) is 5.59. The third kappa shape index (κ3) is 3.15. The predicted octanol–water partition coefficient (Wildman–Crippen LogP) is 1.68. The molecule has 102 valence electrons. The Hall–Kier alpha value is -1.26. The number of urea groups is 1. The van der Waals surface area contributed by atoms with Crippen LogP contribution in [-0.2, 0) is 4.79 Å². The van der Waals surface area contributed by atoms with Crippen LogP contribution in [0.5, 0.6) is 0 Å². The number of nitrogens with one attached hydrogen (secondary N) is 1. The van der Waals surface area contributed by atoms with E-state index in [4.69, 9.17) is 5.11 Å². The first kappa shape index (κ1) is 13.2. The van der Waals surface area contributed by atoms with Gasteiger partial charge >= 0.3 is 12.0 Å². The number of hydrogen-bond acceptors (Lipinski definition) is 2. The monoisotopic (exact) mass is 254 g/mol. The maximum Gasteiger partial charge on any atom is 0.317 e. The van der Waals surface area contributed by atoms with Crippen LogP contribution in [0, 0.1) is 11.8 Å². The zero-order chi connectivity index (χ0) is 13.1. The van der Waals surface area contributed by atoms with Gasteiger partial charge in [-0.2, -0.15) is 0 Å². The highest BCUT2D eigenvalue weighted by molar-refractivity contribution is 5.77. The van der Waals surface area contributed by atoms with Crippen LogP contribution in [0.3, 0.4) is 0 Å². The van der Waals surface area contributed by atoms with E-state index in [9.17, 15) is 9.59 Å². The van der Waals surface area contributed by atoms with Crippen LogP contribution in [0.1, 0.15) is 39.0 Å². The van der Waals surface area contributed by atoms with Gasteiger partial charge in [0, 0.05) is 19.1 Å². The van der Waals surface area contributed by atoms with Crippen molar-refractivity contribution in [1.29, 1.82) is 0 Å². The maximum atomic E-state index is 12.0. The lowest BCUT2D eigenvalue weighted by atomic mass is 9.99. The fraction of sp³-hybridized carbons (Fsp3) is 0.846. The maximum absolute atomic E-state index is 12.0. The number of likely N-dealkylation sites (tertiary alicyclic amines) is 1. The van der Waals surface area contributed by atoms with Gasteiger partial charge in [-0.3, -0.25) is 4.79 Å². The average Bonchev–Trinajstić information content (AvgIpc) is 3.08. The number of aliphatic carboxylic acids is 1. The van der Waals surface area contributed by atoms with E-state index < -0.39 is 11.9 Å². The molecule has 5 heteroatoms. The molecule has 0 aromatic rings. The number of piperidine rings is 1. The average molecular weight is 254 g/mol. The van der Waals surface area contributed by atoms with E-state index >= 15 is 0 Å². The number of carbonyl (C=O) groups is 2. The SMILES string of the molecule is CCCC1CC1NC(=O)N1CCC[C@@H](C(=O)O)C1. The highest BCUT2D eigenvalue weighted by Crippen LogP contribution is 2.34. The lowest BCUT2D eigenvalue weighted by Crippen LogP contribution is -2.47. The van der Waals surface area contributed by atoms with E-state index in [1.54, 1.807) is 4.90 Å². The number of carbonyl (C=O) groups excluding carboxylic acids is 1. The van der Waals surface area contributed by atoms with Gasteiger partial charge < -0.3 is 15.3 Å². The molecule has 1 saturated heterocycles. The number of carboxylic acid groups (broad SMARTS) is 1. The first-order valence-corrected chi connectivity index (χ1v) is 6.90. The Labute approximate surface area is 108 Å². The highest BCUT2D eigenvalue weighted by Gasteiger charge is 2.38. The molecule has 3 atom stereocenters. The Balaban J connectivity index is 1.77. The summed E-state index contributed by atoms with van der Waals surface area (Å²) in [4.78, 5) is 24.6. The van der Waals surface area contributed by atoms with E-state index in [1.165, 1.54) is 6.42 Å². The molecule has 0 aromatic heterocycles. The Bertz CT molecular complexity index is 332. The van der Waals surface area contributed by atoms with E-state index in [1.807, 2.05) is 0 Å². The molecule has 0 radical (unpaired) electrons. The number of carboxylic acids is 1. The molecule has 2 N–H and O–H groups in total. The lowest BCUT2D eigenvalue weighted by molar-refractivity contribution is -0.143. The minimum Gasteiger partial charge on any atom is -0.481 e. The summed E-state index contributed by atoms with van der Waals surface area (Å²) in [5.41, 5.74) is 0. The molecule has 1 heterocycles. The summed E-state index contributed by atoms with van der Waals surface area (Å²) in [7, 11) is 0. The standard InChI is InChI=1S/C13H22N2O3/c1-2-4-9-7-11(9)14-13(18)15-6-3-5-10(8-15)12(16)17/h9-11H,2-8H2,1H3,(H,14,18)(H,16,17)/t9?,10-,11?/m1/s1. The molecule has 1 saturated carbocycles. The molecule has 2 rings (SSSR count). The Morgan fingerprint density at radius 1 is 1.44 bits per heavy atom. The molecular formula is C13H22N2O3. The molecular weight excluding hydrogens is 232 g/mol. The fourth-order valence-corrected chi connectivity index (χ4v) is 2.73. The van der Waals surface area contributed by atoms with Crippen molar-refractivity contribution < 1.29 is 14.7 Å². The van der Waals surface area contributed by atoms with Crippen LogP contribution in [0.25, 0.3) is 0 Å². The van der Waals surface area contributed by atoms with Crippen LogP contribution in [0.4, 0.5) is 4.79 Å². The molecule has 2 amide bonds. The number of nitrogens with zero attached hydrogens (tertiary/aromatic N) is 1. The van der Waals surface area contributed by atoms with Gasteiger partial charge in [0.05, 0.1) is 5.92 Å². The van der Waals surface area contributed by atoms with Gasteiger partial charge in [0.1, 0.15) is 0 Å². The predicted molar refractivity (Wildman–Crippen MR) is 67.3 cm³/mol. The minimum atomic E-state index is -0.789. The first-order valence-electron chi connectivity index (χ1n) is 6.90. The largest absolute Gasteiger partial charge is 0.481 e. The van der Waals surface area contributed by atoms with Gasteiger partial charge in [0.2, 0.25) is 0 Å². The molecule has 0 aromatic carbocycles. The van der Waals surface area contributed by atoms with E-state index in [-0.39, 0.29) is 6.03 Å². The molecule has 2 unspecified atom stereocenters. The van der Waals surface area contributed by atoms with E-state index in [0.29, 0.717) is 31.5 Å². The second-order valence-corrected chi connectivity index (χ2v) is 5.46. The first-order chi connectivity index (χ1) is 8.61. The van der Waals surface area contributed by atoms with Crippen LogP contribution < -0.4 is 5.32 Å². The van der Waals surface area contributed by atoms with E-state index in [2.05, 4.69) is 12.2 Å². The van der Waals surface area contributed by atoms with Crippen molar-refractivity contribution in [1.82, 2.24) is 10.2 Å². The molecule has 0 bridgehead atoms. The molecule has 5 nitrogen and oxygen atoms in total. The van der Waals surface area contributed by atoms with Crippen molar-refractivity contribution in [2.24, 2.45) is 11.8 Å². The third-order valence-electron chi connectivity index (χ3n) is 3.95. The third-order valence-corrected chi connectivity index (χ3v) is 3.95. The fourth-order valence-electron chi connectivity index (χ4n) is 2.73. The van der Waals surface area contributed by atoms with Crippen LogP contribution in [0.2, 0.25) is 0 Å². The van der Waals surface area contributed by atoms with E-state index in [0.717, 1.165) is 19.3 Å². The highest BCUT2D eigenvalue weighted by atomic mass is 16.4. The van der Waals surface area contributed by atoms with Crippen molar-refractivity contribution in [2.45, 2.75) is 45.1 Å². The molecule has 1 aliphatic carbocycles. The summed E-state index contributed by atoms with van der Waals surface area (Å²) in [6, 6.07) is 0.243. The Morgan fingerprint density at radius 2 is 2.22 bits per heavy atom. The molecule has 1 aliphatic heterocycles. The zero-order valence-electron chi connectivity index (χ0n) is 10.9. The normalized spacial score (nSPS) is 30.9. The van der Waals surface area contributed by atoms with Crippen molar-refractivity contribution in [3.05, 3.63) is 0 Å². The van der Waals surface area contributed by atoms with Crippen molar-refractivity contribution in [2.75, 3.05) is 13.1 Å². The smallest absolute Gasteiger partial charge is 0.317 e. The summed E-state index contributed by atoms with van der Waals surface area (Å²) in [6.45, 7) is 3.19. The summed E-state index contributed by atoms with van der Waals surface area (Å²) in [5, 5.41) is 12.0. The summed E-state index contributed by atoms with van der Waals surface area (Å²) in [6.07, 6.45) is 4.87. The Morgan fingerprint density at radius 3 is 2.89 bits per heavy atom. The Kier molecular flexibility index (Phi) is 4.09. The summed E-state index contributed by atoms with van der Waals surface area (Å²) in [5.74, 6) is -0.545. The lowest BCUT2D eigenvalue weighted by Gasteiger charge is -2.30. The minimum absolute atomic E-state index is 0.0791. The van der Waals surface area contributed by atoms with Gasteiger partial charge in [-0.1, -0.05) is 13.3 Å². The topological polar surface area (TPSA) is 69.6 Å². The van der Waals surface area contributed by atoms with Gasteiger partial charge in [0.25, 0.3) is 0 Å². The van der Waals surface area contributed by atoms with Gasteiger partial charge in [-0.15, -0.1) is 0 Å². The quantitative estimate of drug-likeness (QED) is 0.802. The zero-order valence-corrected chi connectivity index (χ0v) is 10.9. The van der Waals surface area contributed by atoms with Crippen molar-refractivity contribution in [3.8, 4) is 0 Å². The number of hydrogen-bond donors (Lipinski definition) is 2. The molecule has 2 fully saturated rings. The van der Waals surface area contributed by atoms with Gasteiger partial charge in [-0.05, 0) is 31.6 Å². The van der Waals surface area contributed by atoms with Crippen LogP contribution in [-0.4, -0.2) is 41.1 Å². The summed E-state index contributed by atoms with van der Waals surface area (Å²) >= 11 is 0. The van der Waals surface area contributed by atoms with Gasteiger partial charge in [-0.25, -0.2) is 4.79 Å². The number of amides is 2. The molecule has 0 spiro atoms. The summed E-state index contributed by atoms with van der Waals surface area (Å²) < 4.78 is 0. The molecule has 2 aliphatic rings. The van der Waals surface area contributed by atoms with Crippen LogP contribution >= 0.6 is 0 Å². The van der Waals surface area contributed by atoms with Crippen molar-refractivity contribution >= 4 is 12.0 Å². The van der Waals surface area contributed by atoms with Crippen molar-refractivity contribution in [3.63, 3.8) is 0 Å². The second-order valence-electron chi connectivity index (χ2n) is 5.46. The number of rotatable bonds is 4.